The Kier molecular flexibility index (Phi) is 4.26. The third-order valence-corrected chi connectivity index (χ3v) is 3.72. The second-order valence-corrected chi connectivity index (χ2v) is 5.32. The molecular formula is C18H22O. The summed E-state index contributed by atoms with van der Waals surface area (Å²) < 4.78 is 5.20. The summed E-state index contributed by atoms with van der Waals surface area (Å²) in [5.74, 6) is 1.91. The predicted octanol–water partition coefficient (Wildman–Crippen LogP) is 4.97. The maximum Gasteiger partial charge on any atom is 0.118 e. The van der Waals surface area contributed by atoms with Crippen LogP contribution in [0, 0.1) is 0 Å². The van der Waals surface area contributed by atoms with Gasteiger partial charge in [-0.05, 0) is 34.7 Å². The number of ether oxygens (including phenoxy) is 1. The van der Waals surface area contributed by atoms with Crippen molar-refractivity contribution in [1.82, 2.24) is 0 Å². The molecule has 0 saturated carbocycles. The van der Waals surface area contributed by atoms with Gasteiger partial charge in [0.15, 0.2) is 0 Å². The van der Waals surface area contributed by atoms with Crippen LogP contribution in [0.2, 0.25) is 0 Å². The molecule has 0 fully saturated rings. The maximum absolute atomic E-state index is 5.20. The molecule has 0 aliphatic heterocycles. The van der Waals surface area contributed by atoms with E-state index < -0.39 is 0 Å². The quantitative estimate of drug-likeness (QED) is 0.748. The van der Waals surface area contributed by atoms with E-state index in [1.54, 1.807) is 7.11 Å². The maximum atomic E-state index is 5.20. The van der Waals surface area contributed by atoms with Crippen LogP contribution in [0.15, 0.2) is 48.5 Å². The van der Waals surface area contributed by atoms with Crippen molar-refractivity contribution in [2.75, 3.05) is 7.11 Å². The molecule has 0 aliphatic carbocycles. The van der Waals surface area contributed by atoms with Gasteiger partial charge < -0.3 is 4.74 Å². The van der Waals surface area contributed by atoms with Crippen molar-refractivity contribution in [3.8, 4) is 5.75 Å². The fraction of sp³-hybridized carbons (Fsp3) is 0.333. The normalized spacial score (nSPS) is 12.5. The van der Waals surface area contributed by atoms with Crippen LogP contribution in [0.3, 0.4) is 0 Å². The predicted molar refractivity (Wildman–Crippen MR) is 81.0 cm³/mol. The third kappa shape index (κ3) is 3.17. The van der Waals surface area contributed by atoms with Crippen LogP contribution >= 0.6 is 0 Å². The Morgan fingerprint density at radius 3 is 1.53 bits per heavy atom. The molecule has 0 saturated heterocycles. The van der Waals surface area contributed by atoms with Crippen molar-refractivity contribution in [3.05, 3.63) is 65.2 Å². The molecule has 1 unspecified atom stereocenters. The van der Waals surface area contributed by atoms with Gasteiger partial charge in [0, 0.05) is 5.92 Å². The van der Waals surface area contributed by atoms with E-state index in [2.05, 4.69) is 57.2 Å². The minimum atomic E-state index is 0.409. The lowest BCUT2D eigenvalue weighted by atomic mass is 9.91. The molecule has 0 bridgehead atoms. The van der Waals surface area contributed by atoms with Crippen LogP contribution in [-0.4, -0.2) is 7.11 Å². The molecule has 0 aliphatic rings. The van der Waals surface area contributed by atoms with Crippen molar-refractivity contribution in [2.24, 2.45) is 0 Å². The van der Waals surface area contributed by atoms with E-state index in [9.17, 15) is 0 Å². The summed E-state index contributed by atoms with van der Waals surface area (Å²) in [6, 6.07) is 17.3. The summed E-state index contributed by atoms with van der Waals surface area (Å²) in [6.45, 7) is 6.69. The van der Waals surface area contributed by atoms with Crippen LogP contribution in [0.25, 0.3) is 0 Å². The lowest BCUT2D eigenvalue weighted by Gasteiger charge is -2.14. The highest BCUT2D eigenvalue weighted by Gasteiger charge is 2.09. The topological polar surface area (TPSA) is 9.23 Å². The van der Waals surface area contributed by atoms with E-state index in [-0.39, 0.29) is 0 Å². The van der Waals surface area contributed by atoms with Crippen molar-refractivity contribution in [1.29, 1.82) is 0 Å². The molecule has 19 heavy (non-hydrogen) atoms. The van der Waals surface area contributed by atoms with Gasteiger partial charge in [0.1, 0.15) is 5.75 Å². The Bertz CT molecular complexity index is 508. The molecular weight excluding hydrogens is 232 g/mol. The van der Waals surface area contributed by atoms with E-state index in [1.807, 2.05) is 12.1 Å². The Morgan fingerprint density at radius 2 is 1.11 bits per heavy atom. The van der Waals surface area contributed by atoms with Crippen LogP contribution < -0.4 is 4.74 Å². The van der Waals surface area contributed by atoms with Crippen LogP contribution in [0.5, 0.6) is 5.75 Å². The molecule has 2 rings (SSSR count). The van der Waals surface area contributed by atoms with Gasteiger partial charge in [-0.15, -0.1) is 0 Å². The lowest BCUT2D eigenvalue weighted by molar-refractivity contribution is 0.414. The van der Waals surface area contributed by atoms with Gasteiger partial charge in [-0.3, -0.25) is 0 Å². The molecule has 1 nitrogen and oxygen atoms in total. The molecule has 0 amide bonds. The van der Waals surface area contributed by atoms with Gasteiger partial charge in [-0.1, -0.05) is 57.2 Å². The first-order chi connectivity index (χ1) is 9.11. The van der Waals surface area contributed by atoms with Gasteiger partial charge in [0.05, 0.1) is 7.11 Å². The average Bonchev–Trinajstić information content (AvgIpc) is 2.46. The van der Waals surface area contributed by atoms with Crippen LogP contribution in [0.1, 0.15) is 49.3 Å². The molecule has 0 spiro atoms. The fourth-order valence-electron chi connectivity index (χ4n) is 2.25. The van der Waals surface area contributed by atoms with E-state index in [4.69, 9.17) is 4.74 Å². The Morgan fingerprint density at radius 1 is 0.684 bits per heavy atom. The van der Waals surface area contributed by atoms with Crippen LogP contribution in [0.4, 0.5) is 0 Å². The number of rotatable bonds is 4. The smallest absolute Gasteiger partial charge is 0.118 e. The van der Waals surface area contributed by atoms with Gasteiger partial charge in [-0.25, -0.2) is 0 Å². The molecule has 0 heterocycles. The van der Waals surface area contributed by atoms with Crippen LogP contribution in [-0.2, 0) is 0 Å². The minimum Gasteiger partial charge on any atom is -0.497 e. The summed E-state index contributed by atoms with van der Waals surface area (Å²) in [6.07, 6.45) is 0. The first kappa shape index (κ1) is 13.7. The first-order valence-electron chi connectivity index (χ1n) is 6.85. The highest BCUT2D eigenvalue weighted by molar-refractivity contribution is 5.36. The number of benzene rings is 2. The number of hydrogen-bond donors (Lipinski definition) is 0. The fourth-order valence-corrected chi connectivity index (χ4v) is 2.25. The van der Waals surface area contributed by atoms with E-state index in [0.29, 0.717) is 11.8 Å². The van der Waals surface area contributed by atoms with Gasteiger partial charge in [-0.2, -0.15) is 0 Å². The average molecular weight is 254 g/mol. The number of hydrogen-bond acceptors (Lipinski definition) is 1. The Hall–Kier alpha value is -1.76. The van der Waals surface area contributed by atoms with Crippen molar-refractivity contribution < 1.29 is 4.74 Å². The monoisotopic (exact) mass is 254 g/mol. The summed E-state index contributed by atoms with van der Waals surface area (Å²) >= 11 is 0. The van der Waals surface area contributed by atoms with Gasteiger partial charge in [0.2, 0.25) is 0 Å². The standard InChI is InChI=1S/C18H22O/c1-13(2)15-5-7-16(8-6-15)14(3)17-9-11-18(19-4)12-10-17/h5-14H,1-4H3. The second-order valence-electron chi connectivity index (χ2n) is 5.32. The second kappa shape index (κ2) is 5.92. The van der Waals surface area contributed by atoms with E-state index >= 15 is 0 Å². The molecule has 1 heteroatoms. The van der Waals surface area contributed by atoms with Gasteiger partial charge >= 0.3 is 0 Å². The largest absolute Gasteiger partial charge is 0.497 e. The molecule has 2 aromatic rings. The van der Waals surface area contributed by atoms with Gasteiger partial charge in [0.25, 0.3) is 0 Å². The lowest BCUT2D eigenvalue weighted by Crippen LogP contribution is -1.97. The highest BCUT2D eigenvalue weighted by Crippen LogP contribution is 2.27. The summed E-state index contributed by atoms with van der Waals surface area (Å²) in [5, 5.41) is 0. The van der Waals surface area contributed by atoms with Crippen molar-refractivity contribution >= 4 is 0 Å². The summed E-state index contributed by atoms with van der Waals surface area (Å²) in [4.78, 5) is 0. The molecule has 0 radical (unpaired) electrons. The molecule has 0 N–H and O–H groups in total. The SMILES string of the molecule is COc1ccc(C(C)c2ccc(C(C)C)cc2)cc1. The number of methoxy groups -OCH3 is 1. The Balaban J connectivity index is 2.20. The van der Waals surface area contributed by atoms with E-state index in [1.165, 1.54) is 16.7 Å². The zero-order valence-corrected chi connectivity index (χ0v) is 12.2. The Labute approximate surface area is 116 Å². The molecule has 0 aromatic heterocycles. The van der Waals surface area contributed by atoms with E-state index in [0.717, 1.165) is 5.75 Å². The minimum absolute atomic E-state index is 0.409. The highest BCUT2D eigenvalue weighted by atomic mass is 16.5. The third-order valence-electron chi connectivity index (χ3n) is 3.72. The molecule has 1 atom stereocenters. The van der Waals surface area contributed by atoms with Crippen molar-refractivity contribution in [2.45, 2.75) is 32.6 Å². The zero-order chi connectivity index (χ0) is 13.8. The van der Waals surface area contributed by atoms with Crippen molar-refractivity contribution in [3.63, 3.8) is 0 Å². The molecule has 100 valence electrons. The summed E-state index contributed by atoms with van der Waals surface area (Å²) in [7, 11) is 1.70. The summed E-state index contributed by atoms with van der Waals surface area (Å²) in [5.41, 5.74) is 4.07. The zero-order valence-electron chi connectivity index (χ0n) is 12.2. The molecule has 2 aromatic carbocycles. The first-order valence-corrected chi connectivity index (χ1v) is 6.85.